The number of fused-ring (bicyclic) bond motifs is 5. The fourth-order valence-electron chi connectivity index (χ4n) is 9.03. The quantitative estimate of drug-likeness (QED) is 0.305. The summed E-state index contributed by atoms with van der Waals surface area (Å²) in [4.78, 5) is 61.7. The lowest BCUT2D eigenvalue weighted by Gasteiger charge is -2.37. The molecular weight excluding hydrogens is 803 g/mol. The van der Waals surface area contributed by atoms with Crippen LogP contribution in [0.4, 0.5) is 18.0 Å². The molecule has 4 amide bonds. The van der Waals surface area contributed by atoms with E-state index in [0.717, 1.165) is 12.8 Å². The van der Waals surface area contributed by atoms with Crippen LogP contribution in [0.1, 0.15) is 108 Å². The number of sulfonamides is 1. The van der Waals surface area contributed by atoms with Crippen LogP contribution in [-0.2, 0) is 41.7 Å². The molecule has 4 heterocycles. The highest BCUT2D eigenvalue weighted by atomic mass is 35.5. The van der Waals surface area contributed by atoms with Gasteiger partial charge >= 0.3 is 12.3 Å². The van der Waals surface area contributed by atoms with Gasteiger partial charge in [-0.15, -0.1) is 0 Å². The number of carbonyl (C=O) groups is 4. The van der Waals surface area contributed by atoms with Crippen LogP contribution in [0.5, 0.6) is 5.75 Å². The Bertz CT molecular complexity index is 2180. The molecular formula is C40H47ClF3N5O8S. The molecule has 13 nitrogen and oxygen atoms in total. The maximum Gasteiger partial charge on any atom is 0.437 e. The van der Waals surface area contributed by atoms with Crippen LogP contribution in [0.25, 0.3) is 10.9 Å². The second kappa shape index (κ2) is 14.9. The van der Waals surface area contributed by atoms with E-state index in [-0.39, 0.29) is 55.8 Å². The zero-order valence-corrected chi connectivity index (χ0v) is 33.7. The molecule has 1 aromatic heterocycles. The normalized spacial score (nSPS) is 29.9. The van der Waals surface area contributed by atoms with Gasteiger partial charge in [-0.05, 0) is 102 Å². The Morgan fingerprint density at radius 2 is 1.79 bits per heavy atom. The van der Waals surface area contributed by atoms with Crippen LogP contribution in [0.3, 0.4) is 0 Å². The SMILES string of the molecule is CC1(S(=O)(=O)NC(=O)C23CC2C=CCCCCCC(NC(=O)OC2CCCC2)C(=O)N2CC4(CCc5c(c(C(F)(F)F)nc6ccc(Cl)cc56)O4)CC2C(=O)N3)CC1. The summed E-state index contributed by atoms with van der Waals surface area (Å²) in [5.74, 6) is -3.43. The number of nitrogens with one attached hydrogen (secondary N) is 3. The van der Waals surface area contributed by atoms with Crippen LogP contribution in [0.2, 0.25) is 5.02 Å². The zero-order valence-electron chi connectivity index (χ0n) is 32.1. The van der Waals surface area contributed by atoms with Gasteiger partial charge < -0.3 is 25.0 Å². The average Bonchev–Trinajstić information content (AvgIpc) is 3.96. The Kier molecular flexibility index (Phi) is 10.4. The number of rotatable bonds is 5. The summed E-state index contributed by atoms with van der Waals surface area (Å²) < 4.78 is 83.6. The highest BCUT2D eigenvalue weighted by Crippen LogP contribution is 2.50. The van der Waals surface area contributed by atoms with E-state index in [0.29, 0.717) is 61.8 Å². The summed E-state index contributed by atoms with van der Waals surface area (Å²) in [6.07, 6.45) is 4.38. The van der Waals surface area contributed by atoms with Crippen molar-refractivity contribution in [1.82, 2.24) is 25.2 Å². The predicted molar refractivity (Wildman–Crippen MR) is 205 cm³/mol. The van der Waals surface area contributed by atoms with Gasteiger partial charge in [-0.1, -0.05) is 36.6 Å². The van der Waals surface area contributed by atoms with E-state index in [2.05, 4.69) is 20.3 Å². The Morgan fingerprint density at radius 1 is 1.05 bits per heavy atom. The number of alkyl carbamates (subject to hydrolysis) is 1. The van der Waals surface area contributed by atoms with Gasteiger partial charge in [-0.25, -0.2) is 18.2 Å². The number of hydrogen-bond acceptors (Lipinski definition) is 9. The molecule has 4 fully saturated rings. The van der Waals surface area contributed by atoms with Crippen LogP contribution in [-0.4, -0.2) is 82.7 Å². The number of hydrogen-bond donors (Lipinski definition) is 3. The predicted octanol–water partition coefficient (Wildman–Crippen LogP) is 6.00. The van der Waals surface area contributed by atoms with Crippen LogP contribution < -0.4 is 20.1 Å². The number of amides is 4. The molecule has 314 valence electrons. The third kappa shape index (κ3) is 7.72. The molecule has 3 N–H and O–H groups in total. The number of benzene rings is 1. The van der Waals surface area contributed by atoms with E-state index >= 15 is 0 Å². The first-order chi connectivity index (χ1) is 27.4. The maximum absolute atomic E-state index is 14.7. The number of pyridine rings is 1. The standard InChI is InChI=1S/C40H47ClF3N5O8S/c1-37(17-18-37)58(54,55)48-35(52)39-20-23(39)9-5-3-2-4-6-12-29(46-36(53)56-25-10-7-8-11-25)34(51)49-22-38(21-30(49)33(50)47-39)16-15-26-27-19-24(41)13-14-28(27)45-32(31(26)57-38)40(42,43)44/h5,9,13-14,19,23,25,29-30H,2-4,6-8,10-12,15-18,20-22H2,1H3,(H,46,53)(H,47,50)(H,48,52). The van der Waals surface area contributed by atoms with Crippen molar-refractivity contribution in [2.45, 2.75) is 143 Å². The number of alkyl halides is 3. The second-order valence-corrected chi connectivity index (χ2v) is 19.8. The molecule has 5 unspecified atom stereocenters. The molecule has 58 heavy (non-hydrogen) atoms. The molecule has 3 aliphatic heterocycles. The smallest absolute Gasteiger partial charge is 0.437 e. The summed E-state index contributed by atoms with van der Waals surface area (Å²) in [7, 11) is -4.09. The second-order valence-electron chi connectivity index (χ2n) is 17.1. The lowest BCUT2D eigenvalue weighted by atomic mass is 9.87. The minimum atomic E-state index is -4.92. The number of aryl methyl sites for hydroxylation is 1. The molecule has 2 aromatic rings. The van der Waals surface area contributed by atoms with Gasteiger partial charge in [0.05, 0.1) is 16.8 Å². The van der Waals surface area contributed by atoms with Crippen LogP contribution in [0, 0.1) is 5.92 Å². The van der Waals surface area contributed by atoms with Crippen molar-refractivity contribution in [1.29, 1.82) is 0 Å². The largest absolute Gasteiger partial charge is 0.483 e. The summed E-state index contributed by atoms with van der Waals surface area (Å²) in [6.45, 7) is 1.22. The highest BCUT2D eigenvalue weighted by molar-refractivity contribution is 7.91. The Morgan fingerprint density at radius 3 is 2.52 bits per heavy atom. The van der Waals surface area contributed by atoms with Crippen molar-refractivity contribution in [3.63, 3.8) is 0 Å². The number of carbonyl (C=O) groups excluding carboxylic acids is 4. The first-order valence-electron chi connectivity index (χ1n) is 20.1. The van der Waals surface area contributed by atoms with Gasteiger partial charge in [-0.2, -0.15) is 13.2 Å². The molecule has 3 saturated carbocycles. The maximum atomic E-state index is 14.7. The van der Waals surface area contributed by atoms with E-state index in [1.54, 1.807) is 6.08 Å². The number of halogens is 4. The fraction of sp³-hybridized carbons (Fsp3) is 0.625. The molecule has 1 aromatic carbocycles. The van der Waals surface area contributed by atoms with Gasteiger partial charge in [-0.3, -0.25) is 19.1 Å². The van der Waals surface area contributed by atoms with E-state index in [1.165, 1.54) is 30.0 Å². The summed E-state index contributed by atoms with van der Waals surface area (Å²) >= 11 is 6.26. The molecule has 1 spiro atoms. The summed E-state index contributed by atoms with van der Waals surface area (Å²) in [5, 5.41) is 6.20. The van der Waals surface area contributed by atoms with E-state index < -0.39 is 85.3 Å². The monoisotopic (exact) mass is 849 g/mol. The van der Waals surface area contributed by atoms with Gasteiger partial charge in [0.1, 0.15) is 29.3 Å². The Hall–Kier alpha value is -4.12. The molecule has 1 saturated heterocycles. The van der Waals surface area contributed by atoms with Crippen LogP contribution in [0.15, 0.2) is 30.4 Å². The van der Waals surface area contributed by atoms with Gasteiger partial charge in [0.2, 0.25) is 21.8 Å². The lowest BCUT2D eigenvalue weighted by Crippen LogP contribution is -2.58. The molecule has 6 aliphatic rings. The first-order valence-corrected chi connectivity index (χ1v) is 22.0. The number of nitrogens with zero attached hydrogens (tertiary/aromatic N) is 2. The van der Waals surface area contributed by atoms with Gasteiger partial charge in [0.15, 0.2) is 11.4 Å². The Balaban J connectivity index is 1.15. The Labute approximate surface area is 339 Å². The van der Waals surface area contributed by atoms with Crippen molar-refractivity contribution in [3.05, 3.63) is 46.6 Å². The lowest BCUT2D eigenvalue weighted by molar-refractivity contribution is -0.144. The minimum Gasteiger partial charge on any atom is -0.483 e. The molecule has 5 atom stereocenters. The molecule has 8 rings (SSSR count). The zero-order chi connectivity index (χ0) is 41.3. The molecule has 3 aliphatic carbocycles. The molecule has 18 heteroatoms. The van der Waals surface area contributed by atoms with E-state index in [9.17, 15) is 40.8 Å². The van der Waals surface area contributed by atoms with Crippen molar-refractivity contribution in [2.75, 3.05) is 6.54 Å². The molecule has 0 radical (unpaired) electrons. The minimum absolute atomic E-state index is 0.0688. The number of allylic oxidation sites excluding steroid dienone is 1. The number of ether oxygens (including phenoxy) is 2. The molecule has 0 bridgehead atoms. The third-order valence-electron chi connectivity index (χ3n) is 12.9. The highest BCUT2D eigenvalue weighted by Gasteiger charge is 2.64. The number of aromatic nitrogens is 1. The third-order valence-corrected chi connectivity index (χ3v) is 15.3. The summed E-state index contributed by atoms with van der Waals surface area (Å²) in [6, 6.07) is 1.85. The van der Waals surface area contributed by atoms with Crippen molar-refractivity contribution in [2.24, 2.45) is 5.92 Å². The first kappa shape index (κ1) is 40.7. The topological polar surface area (TPSA) is 173 Å². The van der Waals surface area contributed by atoms with Crippen LogP contribution >= 0.6 is 11.6 Å². The fourth-order valence-corrected chi connectivity index (χ4v) is 10.5. The van der Waals surface area contributed by atoms with Gasteiger partial charge in [0, 0.05) is 28.3 Å². The summed E-state index contributed by atoms with van der Waals surface area (Å²) in [5.41, 5.74) is -4.10. The van der Waals surface area contributed by atoms with Crippen molar-refractivity contribution < 1.29 is 50.2 Å². The average molecular weight is 850 g/mol. The van der Waals surface area contributed by atoms with E-state index in [1.807, 2.05) is 6.08 Å². The van der Waals surface area contributed by atoms with E-state index in [4.69, 9.17) is 21.1 Å². The van der Waals surface area contributed by atoms with Crippen molar-refractivity contribution >= 4 is 56.3 Å². The van der Waals surface area contributed by atoms with Crippen molar-refractivity contribution in [3.8, 4) is 5.75 Å². The van der Waals surface area contributed by atoms with Gasteiger partial charge in [0.25, 0.3) is 5.91 Å².